The highest BCUT2D eigenvalue weighted by Crippen LogP contribution is 2.38. The Morgan fingerprint density at radius 2 is 1.48 bits per heavy atom. The number of hydrogen-bond donors (Lipinski definition) is 1. The van der Waals surface area contributed by atoms with Crippen LogP contribution in [0.4, 0.5) is 0 Å². The molecular weight excluding hydrogens is 420 g/mol. The summed E-state index contributed by atoms with van der Waals surface area (Å²) in [6.07, 6.45) is 3.34. The van der Waals surface area contributed by atoms with Gasteiger partial charge in [0.15, 0.2) is 0 Å². The van der Waals surface area contributed by atoms with Crippen LogP contribution >= 0.6 is 0 Å². The molecule has 1 saturated carbocycles. The SMILES string of the molecule is O=C(O)[C@H]1CCCC[C@H]1C(=O)N1CCc2ccccc2[C@@H]1CN1C(=O)c2ccccc2C1=O. The van der Waals surface area contributed by atoms with Gasteiger partial charge in [0.05, 0.1) is 35.5 Å². The molecule has 3 amide bonds. The molecule has 2 aromatic carbocycles. The molecule has 3 aliphatic rings. The second-order valence-electron chi connectivity index (χ2n) is 9.10. The Bertz CT molecular complexity index is 1110. The van der Waals surface area contributed by atoms with Crippen LogP contribution in [0, 0.1) is 11.8 Å². The Balaban J connectivity index is 1.48. The summed E-state index contributed by atoms with van der Waals surface area (Å²) in [5.41, 5.74) is 2.75. The van der Waals surface area contributed by atoms with Crippen molar-refractivity contribution < 1.29 is 24.3 Å². The van der Waals surface area contributed by atoms with E-state index in [1.54, 1.807) is 29.2 Å². The van der Waals surface area contributed by atoms with Gasteiger partial charge in [0.1, 0.15) is 0 Å². The molecule has 3 atom stereocenters. The first-order chi connectivity index (χ1) is 16.0. The smallest absolute Gasteiger partial charge is 0.307 e. The number of fused-ring (bicyclic) bond motifs is 2. The van der Waals surface area contributed by atoms with E-state index in [0.29, 0.717) is 36.9 Å². The molecule has 0 saturated heterocycles. The summed E-state index contributed by atoms with van der Waals surface area (Å²) in [5.74, 6) is -3.09. The van der Waals surface area contributed by atoms with E-state index in [1.807, 2.05) is 24.3 Å². The normalized spacial score (nSPS) is 24.4. The number of amides is 3. The van der Waals surface area contributed by atoms with Gasteiger partial charge in [-0.15, -0.1) is 0 Å². The van der Waals surface area contributed by atoms with Crippen LogP contribution < -0.4 is 0 Å². The summed E-state index contributed by atoms with van der Waals surface area (Å²) in [6.45, 7) is 0.492. The Morgan fingerprint density at radius 3 is 2.15 bits per heavy atom. The van der Waals surface area contributed by atoms with E-state index in [-0.39, 0.29) is 24.3 Å². The molecule has 5 rings (SSSR count). The van der Waals surface area contributed by atoms with Gasteiger partial charge in [-0.25, -0.2) is 0 Å². The van der Waals surface area contributed by atoms with E-state index in [1.165, 1.54) is 4.90 Å². The number of imide groups is 1. The van der Waals surface area contributed by atoms with E-state index in [9.17, 15) is 24.3 Å². The fourth-order valence-electron chi connectivity index (χ4n) is 5.63. The van der Waals surface area contributed by atoms with Crippen LogP contribution in [0.15, 0.2) is 48.5 Å². The van der Waals surface area contributed by atoms with Crippen molar-refractivity contribution in [3.05, 3.63) is 70.8 Å². The van der Waals surface area contributed by atoms with Crippen molar-refractivity contribution in [3.63, 3.8) is 0 Å². The summed E-state index contributed by atoms with van der Waals surface area (Å²) in [7, 11) is 0. The molecule has 170 valence electrons. The lowest BCUT2D eigenvalue weighted by atomic mass is 9.77. The molecule has 0 radical (unpaired) electrons. The highest BCUT2D eigenvalue weighted by Gasteiger charge is 2.44. The number of carbonyl (C=O) groups excluding carboxylic acids is 3. The summed E-state index contributed by atoms with van der Waals surface area (Å²) in [4.78, 5) is 54.6. The molecule has 2 aliphatic heterocycles. The average Bonchev–Trinajstić information content (AvgIpc) is 3.08. The molecule has 0 unspecified atom stereocenters. The van der Waals surface area contributed by atoms with E-state index >= 15 is 0 Å². The number of hydrogen-bond acceptors (Lipinski definition) is 4. The lowest BCUT2D eigenvalue weighted by molar-refractivity contribution is -0.153. The maximum Gasteiger partial charge on any atom is 0.307 e. The zero-order chi connectivity index (χ0) is 23.1. The molecule has 0 aromatic heterocycles. The Labute approximate surface area is 192 Å². The van der Waals surface area contributed by atoms with Gasteiger partial charge in [-0.1, -0.05) is 49.2 Å². The van der Waals surface area contributed by atoms with Gasteiger partial charge in [-0.2, -0.15) is 0 Å². The van der Waals surface area contributed by atoms with Crippen LogP contribution in [0.1, 0.15) is 63.6 Å². The van der Waals surface area contributed by atoms with Crippen molar-refractivity contribution in [2.45, 2.75) is 38.1 Å². The minimum absolute atomic E-state index is 0.0551. The minimum Gasteiger partial charge on any atom is -0.481 e. The molecule has 1 aliphatic carbocycles. The fraction of sp³-hybridized carbons (Fsp3) is 0.385. The predicted molar refractivity (Wildman–Crippen MR) is 119 cm³/mol. The lowest BCUT2D eigenvalue weighted by Gasteiger charge is -2.42. The molecule has 0 bridgehead atoms. The summed E-state index contributed by atoms with van der Waals surface area (Å²) >= 11 is 0. The Morgan fingerprint density at radius 1 is 0.879 bits per heavy atom. The van der Waals surface area contributed by atoms with Crippen LogP contribution in [0.2, 0.25) is 0 Å². The van der Waals surface area contributed by atoms with Gasteiger partial charge in [0.2, 0.25) is 5.91 Å². The van der Waals surface area contributed by atoms with Gasteiger partial charge in [-0.3, -0.25) is 24.1 Å². The number of benzene rings is 2. The molecule has 33 heavy (non-hydrogen) atoms. The standard InChI is InChI=1S/C26H26N2O5/c29-23(20-11-5-6-12-21(20)26(32)33)27-14-13-16-7-1-2-8-17(16)22(27)15-28-24(30)18-9-3-4-10-19(18)25(28)31/h1-4,7-10,20-22H,5-6,11-15H2,(H,32,33)/t20-,21+,22+/m1/s1. The second-order valence-corrected chi connectivity index (χ2v) is 9.10. The second kappa shape index (κ2) is 8.46. The highest BCUT2D eigenvalue weighted by atomic mass is 16.4. The number of rotatable bonds is 4. The number of carbonyl (C=O) groups is 4. The molecule has 0 spiro atoms. The molecular formula is C26H26N2O5. The number of carboxylic acid groups (broad SMARTS) is 1. The van der Waals surface area contributed by atoms with Gasteiger partial charge in [0, 0.05) is 6.54 Å². The first-order valence-corrected chi connectivity index (χ1v) is 11.5. The minimum atomic E-state index is -0.928. The van der Waals surface area contributed by atoms with Crippen LogP contribution in [-0.4, -0.2) is 51.7 Å². The van der Waals surface area contributed by atoms with Crippen molar-refractivity contribution >= 4 is 23.7 Å². The third-order valence-electron chi connectivity index (χ3n) is 7.33. The van der Waals surface area contributed by atoms with Crippen LogP contribution in [0.5, 0.6) is 0 Å². The topological polar surface area (TPSA) is 95.0 Å². The summed E-state index contributed by atoms with van der Waals surface area (Å²) in [5, 5.41) is 9.71. The highest BCUT2D eigenvalue weighted by molar-refractivity contribution is 6.21. The lowest BCUT2D eigenvalue weighted by Crippen LogP contribution is -2.50. The summed E-state index contributed by atoms with van der Waals surface area (Å²) in [6, 6.07) is 14.0. The van der Waals surface area contributed by atoms with Gasteiger partial charge in [0.25, 0.3) is 11.8 Å². The van der Waals surface area contributed by atoms with Gasteiger partial charge < -0.3 is 10.0 Å². The molecule has 7 heteroatoms. The zero-order valence-electron chi connectivity index (χ0n) is 18.3. The number of carboxylic acids is 1. The Kier molecular flexibility index (Phi) is 5.48. The van der Waals surface area contributed by atoms with E-state index < -0.39 is 23.8 Å². The fourth-order valence-corrected chi connectivity index (χ4v) is 5.63. The van der Waals surface area contributed by atoms with E-state index in [0.717, 1.165) is 24.0 Å². The van der Waals surface area contributed by atoms with E-state index in [4.69, 9.17) is 0 Å². The van der Waals surface area contributed by atoms with Gasteiger partial charge >= 0.3 is 5.97 Å². The van der Waals surface area contributed by atoms with E-state index in [2.05, 4.69) is 0 Å². The van der Waals surface area contributed by atoms with Crippen molar-refractivity contribution in [2.24, 2.45) is 11.8 Å². The van der Waals surface area contributed by atoms with Crippen LogP contribution in [0.25, 0.3) is 0 Å². The summed E-state index contributed by atoms with van der Waals surface area (Å²) < 4.78 is 0. The molecule has 1 N–H and O–H groups in total. The zero-order valence-corrected chi connectivity index (χ0v) is 18.3. The average molecular weight is 447 g/mol. The first kappa shape index (κ1) is 21.4. The molecule has 2 heterocycles. The quantitative estimate of drug-likeness (QED) is 0.727. The largest absolute Gasteiger partial charge is 0.481 e. The van der Waals surface area contributed by atoms with Crippen molar-refractivity contribution in [3.8, 4) is 0 Å². The van der Waals surface area contributed by atoms with Crippen molar-refractivity contribution in [2.75, 3.05) is 13.1 Å². The van der Waals surface area contributed by atoms with Crippen molar-refractivity contribution in [1.82, 2.24) is 9.80 Å². The first-order valence-electron chi connectivity index (χ1n) is 11.5. The maximum absolute atomic E-state index is 13.7. The van der Waals surface area contributed by atoms with Gasteiger partial charge in [-0.05, 0) is 42.5 Å². The molecule has 7 nitrogen and oxygen atoms in total. The third-order valence-corrected chi connectivity index (χ3v) is 7.33. The molecule has 1 fully saturated rings. The third kappa shape index (κ3) is 3.61. The van der Waals surface area contributed by atoms with Crippen LogP contribution in [0.3, 0.4) is 0 Å². The van der Waals surface area contributed by atoms with Crippen molar-refractivity contribution in [1.29, 1.82) is 0 Å². The Hall–Kier alpha value is -3.48. The monoisotopic (exact) mass is 446 g/mol. The number of nitrogens with zero attached hydrogens (tertiary/aromatic N) is 2. The molecule has 2 aromatic rings. The predicted octanol–water partition coefficient (Wildman–Crippen LogP) is 3.30. The number of aliphatic carboxylic acids is 1. The maximum atomic E-state index is 13.7. The van der Waals surface area contributed by atoms with Crippen LogP contribution in [-0.2, 0) is 16.0 Å².